The molecular formula is C11H9FN4O. The maximum absolute atomic E-state index is 13.1. The van der Waals surface area contributed by atoms with Crippen LogP contribution in [-0.2, 0) is 6.42 Å². The van der Waals surface area contributed by atoms with E-state index >= 15 is 0 Å². The highest BCUT2D eigenvalue weighted by molar-refractivity contribution is 5.96. The second-order valence-corrected chi connectivity index (χ2v) is 3.91. The van der Waals surface area contributed by atoms with Gasteiger partial charge in [-0.3, -0.25) is 4.79 Å². The zero-order valence-corrected chi connectivity index (χ0v) is 8.93. The fourth-order valence-corrected chi connectivity index (χ4v) is 1.97. The smallest absolute Gasteiger partial charge is 0.185 e. The van der Waals surface area contributed by atoms with Crippen molar-refractivity contribution >= 4 is 5.78 Å². The Morgan fingerprint density at radius 3 is 3.06 bits per heavy atom. The summed E-state index contributed by atoms with van der Waals surface area (Å²) in [7, 11) is 0. The molecular weight excluding hydrogens is 223 g/mol. The van der Waals surface area contributed by atoms with Crippen molar-refractivity contribution in [2.75, 3.05) is 0 Å². The monoisotopic (exact) mass is 232 g/mol. The van der Waals surface area contributed by atoms with Gasteiger partial charge in [0.2, 0.25) is 0 Å². The van der Waals surface area contributed by atoms with Crippen molar-refractivity contribution in [2.45, 2.75) is 19.3 Å². The summed E-state index contributed by atoms with van der Waals surface area (Å²) in [5, 5.41) is 7.72. The first kappa shape index (κ1) is 10.1. The predicted octanol–water partition coefficient (Wildman–Crippen LogP) is 1.32. The van der Waals surface area contributed by atoms with Crippen molar-refractivity contribution in [1.29, 1.82) is 0 Å². The Hall–Kier alpha value is -2.11. The van der Waals surface area contributed by atoms with Crippen LogP contribution in [0.4, 0.5) is 4.39 Å². The van der Waals surface area contributed by atoms with E-state index in [1.807, 2.05) is 0 Å². The number of nitrogens with zero attached hydrogens (tertiary/aromatic N) is 4. The van der Waals surface area contributed by atoms with Crippen molar-refractivity contribution in [3.63, 3.8) is 0 Å². The number of ketones is 1. The molecule has 0 spiro atoms. The van der Waals surface area contributed by atoms with E-state index in [2.05, 4.69) is 15.3 Å². The summed E-state index contributed by atoms with van der Waals surface area (Å²) in [5.74, 6) is -0.0382. The minimum atomic E-state index is -0.388. The molecule has 0 unspecified atom stereocenters. The van der Waals surface area contributed by atoms with E-state index < -0.39 is 0 Å². The first-order valence-electron chi connectivity index (χ1n) is 5.35. The molecule has 5 nitrogen and oxygen atoms in total. The molecule has 0 saturated heterocycles. The van der Waals surface area contributed by atoms with Gasteiger partial charge in [0.05, 0.1) is 5.69 Å². The fraction of sp³-hybridized carbons (Fsp3) is 0.273. The molecule has 3 rings (SSSR count). The van der Waals surface area contributed by atoms with Crippen LogP contribution in [0.25, 0.3) is 5.82 Å². The molecule has 2 heterocycles. The highest BCUT2D eigenvalue weighted by atomic mass is 19.1. The summed E-state index contributed by atoms with van der Waals surface area (Å²) < 4.78 is 14.5. The third kappa shape index (κ3) is 1.61. The van der Waals surface area contributed by atoms with Gasteiger partial charge in [-0.1, -0.05) is 5.21 Å². The van der Waals surface area contributed by atoms with Gasteiger partial charge in [0.1, 0.15) is 5.82 Å². The van der Waals surface area contributed by atoms with E-state index in [4.69, 9.17) is 0 Å². The summed E-state index contributed by atoms with van der Waals surface area (Å²) >= 11 is 0. The maximum Gasteiger partial charge on any atom is 0.185 e. The van der Waals surface area contributed by atoms with Gasteiger partial charge in [-0.25, -0.2) is 9.37 Å². The molecule has 0 aromatic carbocycles. The van der Waals surface area contributed by atoms with Crippen LogP contribution >= 0.6 is 0 Å². The van der Waals surface area contributed by atoms with E-state index in [9.17, 15) is 9.18 Å². The molecule has 86 valence electrons. The number of hydrogen-bond acceptors (Lipinski definition) is 4. The van der Waals surface area contributed by atoms with Gasteiger partial charge in [-0.05, 0) is 18.9 Å². The molecule has 0 fully saturated rings. The number of pyridine rings is 1. The largest absolute Gasteiger partial charge is 0.292 e. The summed E-state index contributed by atoms with van der Waals surface area (Å²) in [5.41, 5.74) is 1.11. The van der Waals surface area contributed by atoms with Crippen molar-refractivity contribution in [2.24, 2.45) is 0 Å². The minimum absolute atomic E-state index is 0.00565. The van der Waals surface area contributed by atoms with E-state index in [-0.39, 0.29) is 11.6 Å². The number of hydrogen-bond donors (Lipinski definition) is 0. The van der Waals surface area contributed by atoms with Crippen LogP contribution < -0.4 is 0 Å². The van der Waals surface area contributed by atoms with Crippen LogP contribution in [-0.4, -0.2) is 25.8 Å². The van der Waals surface area contributed by atoms with Gasteiger partial charge in [0, 0.05) is 18.7 Å². The number of carbonyl (C=O) groups excluding carboxylic acids is 1. The average molecular weight is 232 g/mol. The lowest BCUT2D eigenvalue weighted by Crippen LogP contribution is -2.13. The third-order valence-corrected chi connectivity index (χ3v) is 2.77. The molecule has 0 N–H and O–H groups in total. The molecule has 2 aromatic rings. The number of Topliss-reactive ketones (excluding diaryl/α,β-unsaturated/α-hetero) is 1. The van der Waals surface area contributed by atoms with Gasteiger partial charge in [0.15, 0.2) is 17.3 Å². The van der Waals surface area contributed by atoms with E-state index in [1.54, 1.807) is 0 Å². The molecule has 0 atom stereocenters. The summed E-state index contributed by atoms with van der Waals surface area (Å²) in [6.07, 6.45) is 3.35. The molecule has 17 heavy (non-hydrogen) atoms. The zero-order valence-electron chi connectivity index (χ0n) is 8.93. The van der Waals surface area contributed by atoms with Crippen LogP contribution in [0.3, 0.4) is 0 Å². The van der Waals surface area contributed by atoms with Crippen LogP contribution in [0, 0.1) is 5.82 Å². The second-order valence-electron chi connectivity index (χ2n) is 3.91. The Morgan fingerprint density at radius 2 is 2.24 bits per heavy atom. The number of halogens is 1. The summed E-state index contributed by atoms with van der Waals surface area (Å²) in [6.45, 7) is 0. The number of rotatable bonds is 1. The minimum Gasteiger partial charge on any atom is -0.292 e. The Labute approximate surface area is 96.3 Å². The van der Waals surface area contributed by atoms with Gasteiger partial charge in [0.25, 0.3) is 0 Å². The Kier molecular flexibility index (Phi) is 2.21. The normalized spacial score (nSPS) is 14.8. The lowest BCUT2D eigenvalue weighted by atomic mass is 10.00. The lowest BCUT2D eigenvalue weighted by Gasteiger charge is -2.10. The Morgan fingerprint density at radius 1 is 1.35 bits per heavy atom. The van der Waals surface area contributed by atoms with Gasteiger partial charge >= 0.3 is 0 Å². The van der Waals surface area contributed by atoms with Crippen molar-refractivity contribution in [3.8, 4) is 5.82 Å². The Bertz CT molecular complexity index is 593. The molecule has 0 aliphatic heterocycles. The molecule has 2 aromatic heterocycles. The molecule has 0 amide bonds. The Balaban J connectivity index is 2.13. The SMILES string of the molecule is O=C1CCCc2c1nnn2-c1cc(F)ccn1. The average Bonchev–Trinajstić information content (AvgIpc) is 2.74. The van der Waals surface area contributed by atoms with Crippen molar-refractivity contribution in [3.05, 3.63) is 35.5 Å². The standard InChI is InChI=1S/C11H9FN4O/c12-7-4-5-13-10(6-7)16-8-2-1-3-9(17)11(8)14-15-16/h4-6H,1-3H2. The topological polar surface area (TPSA) is 60.7 Å². The number of carbonyl (C=O) groups is 1. The van der Waals surface area contributed by atoms with Crippen LogP contribution in [0.1, 0.15) is 29.0 Å². The van der Waals surface area contributed by atoms with Crippen LogP contribution in [0.2, 0.25) is 0 Å². The van der Waals surface area contributed by atoms with E-state index in [0.717, 1.165) is 12.1 Å². The van der Waals surface area contributed by atoms with Crippen LogP contribution in [0.5, 0.6) is 0 Å². The van der Waals surface area contributed by atoms with Crippen molar-refractivity contribution < 1.29 is 9.18 Å². The van der Waals surface area contributed by atoms with Crippen molar-refractivity contribution in [1.82, 2.24) is 20.0 Å². The van der Waals surface area contributed by atoms with E-state index in [0.29, 0.717) is 24.4 Å². The van der Waals surface area contributed by atoms with Gasteiger partial charge in [-0.15, -0.1) is 5.10 Å². The molecule has 0 saturated carbocycles. The molecule has 1 aliphatic rings. The molecule has 6 heteroatoms. The molecule has 1 aliphatic carbocycles. The number of aromatic nitrogens is 4. The molecule has 0 bridgehead atoms. The maximum atomic E-state index is 13.1. The molecule has 0 radical (unpaired) electrons. The van der Waals surface area contributed by atoms with Gasteiger partial charge < -0.3 is 0 Å². The third-order valence-electron chi connectivity index (χ3n) is 2.77. The summed E-state index contributed by atoms with van der Waals surface area (Å²) in [4.78, 5) is 15.6. The first-order chi connectivity index (χ1) is 8.25. The highest BCUT2D eigenvalue weighted by Gasteiger charge is 2.24. The van der Waals surface area contributed by atoms with Crippen LogP contribution in [0.15, 0.2) is 18.3 Å². The summed E-state index contributed by atoms with van der Waals surface area (Å²) in [6, 6.07) is 2.53. The fourth-order valence-electron chi connectivity index (χ4n) is 1.97. The zero-order chi connectivity index (χ0) is 11.8. The predicted molar refractivity (Wildman–Crippen MR) is 56.4 cm³/mol. The number of fused-ring (bicyclic) bond motifs is 1. The van der Waals surface area contributed by atoms with E-state index in [1.165, 1.54) is 23.0 Å². The second kappa shape index (κ2) is 3.73. The first-order valence-corrected chi connectivity index (χ1v) is 5.35. The highest BCUT2D eigenvalue weighted by Crippen LogP contribution is 2.20. The quantitative estimate of drug-likeness (QED) is 0.744. The van der Waals surface area contributed by atoms with Gasteiger partial charge in [-0.2, -0.15) is 4.68 Å². The lowest BCUT2D eigenvalue weighted by molar-refractivity contribution is 0.0967.